The maximum absolute atomic E-state index is 5.77. The third kappa shape index (κ3) is 10.4. The molecule has 1 aromatic rings. The second-order valence-corrected chi connectivity index (χ2v) is 5.21. The lowest BCUT2D eigenvalue weighted by Crippen LogP contribution is -2.39. The first-order valence-electron chi connectivity index (χ1n) is 7.88. The van der Waals surface area contributed by atoms with Crippen molar-refractivity contribution in [2.45, 2.75) is 27.2 Å². The molecule has 0 spiro atoms. The average molecular weight is 435 g/mol. The molecule has 0 aliphatic carbocycles. The van der Waals surface area contributed by atoms with E-state index in [0.29, 0.717) is 13.2 Å². The van der Waals surface area contributed by atoms with E-state index in [0.717, 1.165) is 37.8 Å². The summed E-state index contributed by atoms with van der Waals surface area (Å²) in [5.41, 5.74) is 2.44. The molecule has 1 rings (SSSR count). The highest BCUT2D eigenvalue weighted by Crippen LogP contribution is 2.15. The number of aliphatic imine (C=N–C) groups is 1. The molecule has 132 valence electrons. The van der Waals surface area contributed by atoms with Crippen LogP contribution in [0.25, 0.3) is 0 Å². The topological polar surface area (TPSA) is 54.9 Å². The van der Waals surface area contributed by atoms with Crippen LogP contribution in [0, 0.1) is 13.8 Å². The first-order valence-corrected chi connectivity index (χ1v) is 7.88. The van der Waals surface area contributed by atoms with Crippen molar-refractivity contribution < 1.29 is 9.47 Å². The lowest BCUT2D eigenvalue weighted by Gasteiger charge is -2.12. The van der Waals surface area contributed by atoms with Crippen LogP contribution in [0.3, 0.4) is 0 Å². The van der Waals surface area contributed by atoms with Crippen molar-refractivity contribution in [3.8, 4) is 5.75 Å². The van der Waals surface area contributed by atoms with Gasteiger partial charge in [-0.2, -0.15) is 0 Å². The molecule has 0 aliphatic rings. The Bertz CT molecular complexity index is 447. The number of benzene rings is 1. The summed E-state index contributed by atoms with van der Waals surface area (Å²) in [6, 6.07) is 6.25. The molecule has 0 saturated heterocycles. The third-order valence-electron chi connectivity index (χ3n) is 2.98. The van der Waals surface area contributed by atoms with Gasteiger partial charge in [0.2, 0.25) is 0 Å². The molecule has 0 saturated carbocycles. The maximum Gasteiger partial charge on any atom is 0.191 e. The standard InChI is InChI=1S/C17H29N3O2.HI/c1-5-18-17(19-7-6-9-21-4)20-8-10-22-16-12-14(2)11-15(3)13-16;/h11-13H,5-10H2,1-4H3,(H2,18,19,20);1H. The molecule has 0 fully saturated rings. The van der Waals surface area contributed by atoms with Crippen LogP contribution in [-0.4, -0.2) is 45.9 Å². The summed E-state index contributed by atoms with van der Waals surface area (Å²) in [5, 5.41) is 6.49. The first-order chi connectivity index (χ1) is 10.7. The molecule has 0 aliphatic heterocycles. The largest absolute Gasteiger partial charge is 0.492 e. The van der Waals surface area contributed by atoms with Crippen LogP contribution in [0.1, 0.15) is 24.5 Å². The molecule has 0 atom stereocenters. The number of hydrogen-bond acceptors (Lipinski definition) is 3. The number of guanidine groups is 1. The van der Waals surface area contributed by atoms with Gasteiger partial charge in [0.25, 0.3) is 0 Å². The second-order valence-electron chi connectivity index (χ2n) is 5.21. The Hall–Kier alpha value is -1.02. The zero-order valence-corrected chi connectivity index (χ0v) is 17.0. The predicted molar refractivity (Wildman–Crippen MR) is 107 cm³/mol. The normalized spacial score (nSPS) is 10.9. The van der Waals surface area contributed by atoms with Gasteiger partial charge in [0.05, 0.1) is 6.54 Å². The van der Waals surface area contributed by atoms with Gasteiger partial charge in [-0.25, -0.2) is 0 Å². The SMILES string of the molecule is CCNC(=NCCCOC)NCCOc1cc(C)cc(C)c1.I. The van der Waals surface area contributed by atoms with Crippen molar-refractivity contribution in [3.63, 3.8) is 0 Å². The van der Waals surface area contributed by atoms with Crippen LogP contribution in [0.15, 0.2) is 23.2 Å². The van der Waals surface area contributed by atoms with Gasteiger partial charge in [0.1, 0.15) is 12.4 Å². The third-order valence-corrected chi connectivity index (χ3v) is 2.98. The lowest BCUT2D eigenvalue weighted by atomic mass is 10.1. The molecule has 0 bridgehead atoms. The average Bonchev–Trinajstić information content (AvgIpc) is 2.47. The minimum absolute atomic E-state index is 0. The second kappa shape index (κ2) is 13.4. The van der Waals surface area contributed by atoms with Crippen molar-refractivity contribution in [2.24, 2.45) is 4.99 Å². The smallest absolute Gasteiger partial charge is 0.191 e. The van der Waals surface area contributed by atoms with E-state index in [2.05, 4.69) is 54.6 Å². The summed E-state index contributed by atoms with van der Waals surface area (Å²) in [6.07, 6.45) is 0.923. The van der Waals surface area contributed by atoms with E-state index in [9.17, 15) is 0 Å². The van der Waals surface area contributed by atoms with E-state index in [1.54, 1.807) is 7.11 Å². The van der Waals surface area contributed by atoms with Crippen LogP contribution in [0.4, 0.5) is 0 Å². The van der Waals surface area contributed by atoms with E-state index < -0.39 is 0 Å². The van der Waals surface area contributed by atoms with Gasteiger partial charge in [0, 0.05) is 26.8 Å². The Balaban J connectivity index is 0.00000484. The summed E-state index contributed by atoms with van der Waals surface area (Å²) >= 11 is 0. The molecule has 0 unspecified atom stereocenters. The van der Waals surface area contributed by atoms with Gasteiger partial charge < -0.3 is 20.1 Å². The Morgan fingerprint density at radius 2 is 1.78 bits per heavy atom. The van der Waals surface area contributed by atoms with E-state index in [1.165, 1.54) is 11.1 Å². The van der Waals surface area contributed by atoms with E-state index in [1.807, 2.05) is 0 Å². The van der Waals surface area contributed by atoms with Gasteiger partial charge >= 0.3 is 0 Å². The zero-order chi connectivity index (χ0) is 16.2. The van der Waals surface area contributed by atoms with Gasteiger partial charge in [0.15, 0.2) is 5.96 Å². The number of ether oxygens (including phenoxy) is 2. The van der Waals surface area contributed by atoms with E-state index in [-0.39, 0.29) is 24.0 Å². The highest BCUT2D eigenvalue weighted by atomic mass is 127. The number of hydrogen-bond donors (Lipinski definition) is 2. The monoisotopic (exact) mass is 435 g/mol. The molecular formula is C17H30IN3O2. The Kier molecular flexibility index (Phi) is 12.8. The molecule has 0 aromatic heterocycles. The van der Waals surface area contributed by atoms with E-state index in [4.69, 9.17) is 9.47 Å². The fourth-order valence-electron chi connectivity index (χ4n) is 2.10. The molecule has 6 heteroatoms. The van der Waals surface area contributed by atoms with Crippen LogP contribution in [0.5, 0.6) is 5.75 Å². The Labute approximate surface area is 157 Å². The maximum atomic E-state index is 5.77. The summed E-state index contributed by atoms with van der Waals surface area (Å²) in [6.45, 7) is 9.85. The summed E-state index contributed by atoms with van der Waals surface area (Å²) < 4.78 is 10.8. The lowest BCUT2D eigenvalue weighted by molar-refractivity contribution is 0.197. The predicted octanol–water partition coefficient (Wildman–Crippen LogP) is 2.89. The number of nitrogens with zero attached hydrogens (tertiary/aromatic N) is 1. The molecule has 2 N–H and O–H groups in total. The summed E-state index contributed by atoms with van der Waals surface area (Å²) in [7, 11) is 1.71. The van der Waals surface area contributed by atoms with Gasteiger partial charge in [-0.15, -0.1) is 24.0 Å². The minimum atomic E-state index is 0. The fourth-order valence-corrected chi connectivity index (χ4v) is 2.10. The van der Waals surface area contributed by atoms with Gasteiger partial charge in [-0.1, -0.05) is 6.07 Å². The molecule has 0 heterocycles. The quantitative estimate of drug-likeness (QED) is 0.271. The molecule has 1 aromatic carbocycles. The van der Waals surface area contributed by atoms with Gasteiger partial charge in [-0.3, -0.25) is 4.99 Å². The number of halogens is 1. The minimum Gasteiger partial charge on any atom is -0.492 e. The molecule has 5 nitrogen and oxygen atoms in total. The highest BCUT2D eigenvalue weighted by Gasteiger charge is 1.99. The molecule has 0 amide bonds. The highest BCUT2D eigenvalue weighted by molar-refractivity contribution is 14.0. The van der Waals surface area contributed by atoms with Crippen molar-refractivity contribution in [1.82, 2.24) is 10.6 Å². The van der Waals surface area contributed by atoms with Crippen LogP contribution in [-0.2, 0) is 4.74 Å². The Morgan fingerprint density at radius 3 is 2.39 bits per heavy atom. The van der Waals surface area contributed by atoms with Gasteiger partial charge in [-0.05, 0) is 50.5 Å². The van der Waals surface area contributed by atoms with Crippen molar-refractivity contribution in [3.05, 3.63) is 29.3 Å². The number of rotatable bonds is 9. The summed E-state index contributed by atoms with van der Waals surface area (Å²) in [4.78, 5) is 4.48. The first kappa shape index (κ1) is 22.0. The zero-order valence-electron chi connectivity index (χ0n) is 14.6. The fraction of sp³-hybridized carbons (Fsp3) is 0.588. The number of nitrogens with one attached hydrogen (secondary N) is 2. The van der Waals surface area contributed by atoms with E-state index >= 15 is 0 Å². The van der Waals surface area contributed by atoms with Crippen molar-refractivity contribution in [2.75, 3.05) is 40.0 Å². The summed E-state index contributed by atoms with van der Waals surface area (Å²) in [5.74, 6) is 1.74. The molecule has 0 radical (unpaired) electrons. The number of methoxy groups -OCH3 is 1. The number of aryl methyl sites for hydroxylation is 2. The van der Waals surface area contributed by atoms with Crippen LogP contribution >= 0.6 is 24.0 Å². The molecular weight excluding hydrogens is 405 g/mol. The van der Waals surface area contributed by atoms with Crippen LogP contribution < -0.4 is 15.4 Å². The van der Waals surface area contributed by atoms with Crippen LogP contribution in [0.2, 0.25) is 0 Å². The molecule has 23 heavy (non-hydrogen) atoms. The van der Waals surface area contributed by atoms with Crippen molar-refractivity contribution >= 4 is 29.9 Å². The van der Waals surface area contributed by atoms with Crippen molar-refractivity contribution in [1.29, 1.82) is 0 Å². The Morgan fingerprint density at radius 1 is 1.09 bits per heavy atom.